The second-order valence-electron chi connectivity index (χ2n) is 7.73. The van der Waals surface area contributed by atoms with Crippen molar-refractivity contribution in [1.82, 2.24) is 10.6 Å². The fourth-order valence-corrected chi connectivity index (χ4v) is 2.53. The SMILES string of the molecule is CCCCCCCC(C)(O)C/C=C(/NC(=O)OCCCC)C(=O)NC(C)C. The van der Waals surface area contributed by atoms with Gasteiger partial charge in [0, 0.05) is 6.04 Å². The lowest BCUT2D eigenvalue weighted by molar-refractivity contribution is -0.118. The fourth-order valence-electron chi connectivity index (χ4n) is 2.53. The van der Waals surface area contributed by atoms with Gasteiger partial charge in [0.2, 0.25) is 0 Å². The van der Waals surface area contributed by atoms with E-state index in [1.165, 1.54) is 19.3 Å². The Kier molecular flexibility index (Phi) is 13.7. The second kappa shape index (κ2) is 14.5. The molecule has 3 N–H and O–H groups in total. The molecule has 6 heteroatoms. The van der Waals surface area contributed by atoms with E-state index < -0.39 is 11.7 Å². The molecular formula is C21H40N2O4. The minimum Gasteiger partial charge on any atom is -0.449 e. The largest absolute Gasteiger partial charge is 0.449 e. The molecule has 1 atom stereocenters. The highest BCUT2D eigenvalue weighted by atomic mass is 16.5. The standard InChI is InChI=1S/C21H40N2O4/c1-6-8-10-11-12-14-21(5,26)15-13-18(19(24)22-17(3)4)23-20(25)27-16-9-7-2/h13,17,26H,6-12,14-16H2,1-5H3,(H,22,24)(H,23,25)/b18-13+. The van der Waals surface area contributed by atoms with E-state index in [0.717, 1.165) is 25.7 Å². The van der Waals surface area contributed by atoms with Crippen LogP contribution in [0.3, 0.4) is 0 Å². The number of carbonyl (C=O) groups is 2. The van der Waals surface area contributed by atoms with Crippen molar-refractivity contribution in [2.24, 2.45) is 0 Å². The van der Waals surface area contributed by atoms with E-state index in [-0.39, 0.29) is 24.1 Å². The Bertz CT molecular complexity index is 459. The zero-order chi connectivity index (χ0) is 20.7. The van der Waals surface area contributed by atoms with Gasteiger partial charge in [-0.1, -0.05) is 58.4 Å². The Balaban J connectivity index is 4.77. The third-order valence-electron chi connectivity index (χ3n) is 4.20. The summed E-state index contributed by atoms with van der Waals surface area (Å²) >= 11 is 0. The lowest BCUT2D eigenvalue weighted by atomic mass is 9.94. The minimum absolute atomic E-state index is 0.0575. The van der Waals surface area contributed by atoms with Crippen LogP contribution in [0, 0.1) is 0 Å². The van der Waals surface area contributed by atoms with E-state index in [2.05, 4.69) is 17.6 Å². The van der Waals surface area contributed by atoms with E-state index in [1.807, 2.05) is 20.8 Å². The number of hydrogen-bond acceptors (Lipinski definition) is 4. The summed E-state index contributed by atoms with van der Waals surface area (Å²) in [5.41, 5.74) is -0.792. The van der Waals surface area contributed by atoms with Gasteiger partial charge >= 0.3 is 6.09 Å². The van der Waals surface area contributed by atoms with Gasteiger partial charge in [0.15, 0.2) is 0 Å². The summed E-state index contributed by atoms with van der Waals surface area (Å²) in [5.74, 6) is -0.379. The predicted octanol–water partition coefficient (Wildman–Crippen LogP) is 4.42. The molecule has 0 aliphatic heterocycles. The van der Waals surface area contributed by atoms with Gasteiger partial charge in [-0.05, 0) is 40.0 Å². The van der Waals surface area contributed by atoms with Crippen LogP contribution in [0.25, 0.3) is 0 Å². The number of nitrogens with one attached hydrogen (secondary N) is 2. The third-order valence-corrected chi connectivity index (χ3v) is 4.20. The van der Waals surface area contributed by atoms with Gasteiger partial charge in [0.25, 0.3) is 5.91 Å². The molecule has 0 spiro atoms. The van der Waals surface area contributed by atoms with Gasteiger partial charge < -0.3 is 15.2 Å². The van der Waals surface area contributed by atoms with Gasteiger partial charge in [-0.15, -0.1) is 0 Å². The summed E-state index contributed by atoms with van der Waals surface area (Å²) in [4.78, 5) is 24.2. The number of unbranched alkanes of at least 4 members (excludes halogenated alkanes) is 5. The lowest BCUT2D eigenvalue weighted by Crippen LogP contribution is -2.38. The number of alkyl carbamates (subject to hydrolysis) is 1. The summed E-state index contributed by atoms with van der Waals surface area (Å²) in [7, 11) is 0. The number of amides is 2. The molecule has 0 saturated carbocycles. The van der Waals surface area contributed by atoms with E-state index in [0.29, 0.717) is 13.0 Å². The fraction of sp³-hybridized carbons (Fsp3) is 0.810. The summed E-state index contributed by atoms with van der Waals surface area (Å²) in [5, 5.41) is 15.8. The Morgan fingerprint density at radius 3 is 2.30 bits per heavy atom. The smallest absolute Gasteiger partial charge is 0.411 e. The average Bonchev–Trinajstić information content (AvgIpc) is 2.58. The first kappa shape index (κ1) is 25.4. The molecule has 158 valence electrons. The van der Waals surface area contributed by atoms with Crippen molar-refractivity contribution < 1.29 is 19.4 Å². The molecule has 0 aromatic heterocycles. The van der Waals surface area contributed by atoms with Crippen LogP contribution < -0.4 is 10.6 Å². The van der Waals surface area contributed by atoms with Crippen LogP contribution in [-0.4, -0.2) is 35.4 Å². The van der Waals surface area contributed by atoms with Crippen molar-refractivity contribution in [1.29, 1.82) is 0 Å². The highest BCUT2D eigenvalue weighted by molar-refractivity contribution is 5.96. The minimum atomic E-state index is -0.913. The number of hydrogen-bond donors (Lipinski definition) is 3. The maximum absolute atomic E-state index is 12.3. The molecule has 0 bridgehead atoms. The van der Waals surface area contributed by atoms with Crippen LogP contribution in [-0.2, 0) is 9.53 Å². The molecule has 0 aromatic rings. The van der Waals surface area contributed by atoms with Crippen LogP contribution in [0.1, 0.15) is 92.4 Å². The first-order chi connectivity index (χ1) is 12.7. The maximum Gasteiger partial charge on any atom is 0.411 e. The van der Waals surface area contributed by atoms with E-state index >= 15 is 0 Å². The second-order valence-corrected chi connectivity index (χ2v) is 7.73. The molecule has 0 fully saturated rings. The van der Waals surface area contributed by atoms with Gasteiger partial charge in [0.05, 0.1) is 12.2 Å². The van der Waals surface area contributed by atoms with Gasteiger partial charge in [-0.25, -0.2) is 4.79 Å². The van der Waals surface area contributed by atoms with Gasteiger partial charge in [0.1, 0.15) is 5.70 Å². The van der Waals surface area contributed by atoms with E-state index in [9.17, 15) is 14.7 Å². The Morgan fingerprint density at radius 2 is 1.70 bits per heavy atom. The molecule has 2 amide bonds. The first-order valence-corrected chi connectivity index (χ1v) is 10.4. The van der Waals surface area contributed by atoms with E-state index in [4.69, 9.17) is 4.74 Å². The average molecular weight is 385 g/mol. The van der Waals surface area contributed by atoms with E-state index in [1.54, 1.807) is 13.0 Å². The van der Waals surface area contributed by atoms with Crippen molar-refractivity contribution in [3.8, 4) is 0 Å². The lowest BCUT2D eigenvalue weighted by Gasteiger charge is -2.22. The van der Waals surface area contributed by atoms with Crippen molar-refractivity contribution >= 4 is 12.0 Å². The molecule has 0 aromatic carbocycles. The predicted molar refractivity (Wildman–Crippen MR) is 109 cm³/mol. The first-order valence-electron chi connectivity index (χ1n) is 10.4. The summed E-state index contributed by atoms with van der Waals surface area (Å²) in [6.07, 6.45) is 9.20. The van der Waals surface area contributed by atoms with Crippen LogP contribution >= 0.6 is 0 Å². The molecule has 27 heavy (non-hydrogen) atoms. The van der Waals surface area contributed by atoms with Crippen LogP contribution in [0.15, 0.2) is 11.8 Å². The summed E-state index contributed by atoms with van der Waals surface area (Å²) < 4.78 is 5.07. The number of rotatable bonds is 14. The zero-order valence-corrected chi connectivity index (χ0v) is 17.9. The van der Waals surface area contributed by atoms with Crippen LogP contribution in [0.5, 0.6) is 0 Å². The molecule has 0 radical (unpaired) electrons. The molecule has 1 unspecified atom stereocenters. The summed E-state index contributed by atoms with van der Waals surface area (Å²) in [6, 6.07) is -0.0575. The van der Waals surface area contributed by atoms with Crippen molar-refractivity contribution in [2.45, 2.75) is 104 Å². The molecule has 0 aliphatic carbocycles. The molecule has 6 nitrogen and oxygen atoms in total. The highest BCUT2D eigenvalue weighted by Crippen LogP contribution is 2.20. The quantitative estimate of drug-likeness (QED) is 0.305. The van der Waals surface area contributed by atoms with Gasteiger partial charge in [-0.2, -0.15) is 0 Å². The monoisotopic (exact) mass is 384 g/mol. The third kappa shape index (κ3) is 14.2. The van der Waals surface area contributed by atoms with Crippen molar-refractivity contribution in [2.75, 3.05) is 6.61 Å². The van der Waals surface area contributed by atoms with Crippen molar-refractivity contribution in [3.63, 3.8) is 0 Å². The topological polar surface area (TPSA) is 87.7 Å². The number of ether oxygens (including phenoxy) is 1. The Labute approximate surface area is 165 Å². The zero-order valence-electron chi connectivity index (χ0n) is 17.9. The molecule has 0 heterocycles. The highest BCUT2D eigenvalue weighted by Gasteiger charge is 2.21. The number of aliphatic hydroxyl groups is 1. The summed E-state index contributed by atoms with van der Waals surface area (Å²) in [6.45, 7) is 9.96. The molecular weight excluding hydrogens is 344 g/mol. The van der Waals surface area contributed by atoms with Crippen LogP contribution in [0.2, 0.25) is 0 Å². The van der Waals surface area contributed by atoms with Gasteiger partial charge in [-0.3, -0.25) is 10.1 Å². The molecule has 0 aliphatic rings. The van der Waals surface area contributed by atoms with Crippen molar-refractivity contribution in [3.05, 3.63) is 11.8 Å². The molecule has 0 saturated heterocycles. The molecule has 0 rings (SSSR count). The Hall–Kier alpha value is -1.56. The maximum atomic E-state index is 12.3. The number of carbonyl (C=O) groups excluding carboxylic acids is 2. The Morgan fingerprint density at radius 1 is 1.07 bits per heavy atom. The normalized spacial score (nSPS) is 14.0. The van der Waals surface area contributed by atoms with Crippen LogP contribution in [0.4, 0.5) is 4.79 Å².